The van der Waals surface area contributed by atoms with Crippen LogP contribution in [-0.2, 0) is 0 Å². The van der Waals surface area contributed by atoms with Crippen LogP contribution < -0.4 is 10.6 Å². The molecule has 0 aromatic carbocycles. The second-order valence-corrected chi connectivity index (χ2v) is 5.72. The Labute approximate surface area is 112 Å². The van der Waals surface area contributed by atoms with Crippen molar-refractivity contribution in [1.82, 2.24) is 25.6 Å². The lowest BCUT2D eigenvalue weighted by Gasteiger charge is -2.26. The number of carbonyl (C=O) groups is 1. The molecule has 1 amide bonds. The molecule has 1 aromatic heterocycles. The second-order valence-electron chi connectivity index (χ2n) is 5.72. The maximum atomic E-state index is 11.9. The Hall–Kier alpha value is -1.47. The lowest BCUT2D eigenvalue weighted by Crippen LogP contribution is -2.43. The van der Waals surface area contributed by atoms with E-state index in [1.54, 1.807) is 10.9 Å². The van der Waals surface area contributed by atoms with Crippen molar-refractivity contribution in [2.75, 3.05) is 26.2 Å². The first-order valence-corrected chi connectivity index (χ1v) is 6.53. The van der Waals surface area contributed by atoms with E-state index in [9.17, 15) is 4.79 Å². The SMILES string of the molecule is CC(C)(CCO)CNC(=O)c1cn(C2CNC2)nn1. The molecule has 7 nitrogen and oxygen atoms in total. The molecule has 0 aliphatic carbocycles. The maximum Gasteiger partial charge on any atom is 0.273 e. The normalized spacial score (nSPS) is 16.2. The van der Waals surface area contributed by atoms with Crippen LogP contribution in [0, 0.1) is 5.41 Å². The molecular weight excluding hydrogens is 246 g/mol. The van der Waals surface area contributed by atoms with Crippen molar-refractivity contribution in [1.29, 1.82) is 0 Å². The lowest BCUT2D eigenvalue weighted by atomic mass is 9.90. The molecule has 19 heavy (non-hydrogen) atoms. The van der Waals surface area contributed by atoms with Gasteiger partial charge in [-0.2, -0.15) is 0 Å². The molecule has 1 fully saturated rings. The van der Waals surface area contributed by atoms with Crippen LogP contribution in [-0.4, -0.2) is 52.2 Å². The van der Waals surface area contributed by atoms with E-state index >= 15 is 0 Å². The van der Waals surface area contributed by atoms with Crippen molar-refractivity contribution in [2.24, 2.45) is 5.41 Å². The number of nitrogens with zero attached hydrogens (tertiary/aromatic N) is 3. The summed E-state index contributed by atoms with van der Waals surface area (Å²) in [4.78, 5) is 11.9. The van der Waals surface area contributed by atoms with Crippen molar-refractivity contribution in [2.45, 2.75) is 26.3 Å². The van der Waals surface area contributed by atoms with Crippen LogP contribution in [0.2, 0.25) is 0 Å². The first-order valence-electron chi connectivity index (χ1n) is 6.53. The highest BCUT2D eigenvalue weighted by molar-refractivity contribution is 5.91. The molecule has 0 spiro atoms. The fourth-order valence-corrected chi connectivity index (χ4v) is 1.82. The van der Waals surface area contributed by atoms with Gasteiger partial charge in [0.05, 0.1) is 12.2 Å². The van der Waals surface area contributed by atoms with E-state index < -0.39 is 0 Å². The van der Waals surface area contributed by atoms with Crippen molar-refractivity contribution in [3.63, 3.8) is 0 Å². The number of amides is 1. The van der Waals surface area contributed by atoms with Gasteiger partial charge in [-0.3, -0.25) is 4.79 Å². The monoisotopic (exact) mass is 267 g/mol. The van der Waals surface area contributed by atoms with Crippen molar-refractivity contribution in [3.8, 4) is 0 Å². The second kappa shape index (κ2) is 5.66. The Morgan fingerprint density at radius 1 is 1.63 bits per heavy atom. The molecule has 0 unspecified atom stereocenters. The van der Waals surface area contributed by atoms with Crippen LogP contribution in [0.3, 0.4) is 0 Å². The van der Waals surface area contributed by atoms with Gasteiger partial charge in [-0.15, -0.1) is 5.10 Å². The Morgan fingerprint density at radius 2 is 2.37 bits per heavy atom. The summed E-state index contributed by atoms with van der Waals surface area (Å²) in [7, 11) is 0. The molecule has 2 heterocycles. The number of hydrogen-bond donors (Lipinski definition) is 3. The molecule has 1 saturated heterocycles. The Balaban J connectivity index is 1.87. The third kappa shape index (κ3) is 3.51. The van der Waals surface area contributed by atoms with E-state index in [1.165, 1.54) is 0 Å². The fourth-order valence-electron chi connectivity index (χ4n) is 1.82. The van der Waals surface area contributed by atoms with Crippen molar-refractivity contribution >= 4 is 5.91 Å². The number of aliphatic hydroxyl groups excluding tert-OH is 1. The van der Waals surface area contributed by atoms with E-state index in [0.717, 1.165) is 13.1 Å². The number of aliphatic hydroxyl groups is 1. The summed E-state index contributed by atoms with van der Waals surface area (Å²) in [5.41, 5.74) is 0.213. The van der Waals surface area contributed by atoms with E-state index in [2.05, 4.69) is 20.9 Å². The van der Waals surface area contributed by atoms with Crippen LogP contribution in [0.15, 0.2) is 6.20 Å². The van der Waals surface area contributed by atoms with Gasteiger partial charge in [0.2, 0.25) is 0 Å². The molecule has 1 aliphatic heterocycles. The van der Waals surface area contributed by atoms with Crippen LogP contribution in [0.25, 0.3) is 0 Å². The first kappa shape index (κ1) is 14.0. The van der Waals surface area contributed by atoms with E-state index in [-0.39, 0.29) is 17.9 Å². The van der Waals surface area contributed by atoms with E-state index in [1.807, 2.05) is 13.8 Å². The number of hydrogen-bond acceptors (Lipinski definition) is 5. The Bertz CT molecular complexity index is 439. The van der Waals surface area contributed by atoms with Crippen LogP contribution in [0.5, 0.6) is 0 Å². The zero-order valence-corrected chi connectivity index (χ0v) is 11.4. The van der Waals surface area contributed by atoms with Crippen molar-refractivity contribution < 1.29 is 9.90 Å². The summed E-state index contributed by atoms with van der Waals surface area (Å²) < 4.78 is 1.73. The molecule has 0 bridgehead atoms. The van der Waals surface area contributed by atoms with Gasteiger partial charge in [-0.25, -0.2) is 4.68 Å². The van der Waals surface area contributed by atoms with E-state index in [4.69, 9.17) is 5.11 Å². The minimum atomic E-state index is -0.218. The summed E-state index contributed by atoms with van der Waals surface area (Å²) >= 11 is 0. The van der Waals surface area contributed by atoms with Gasteiger partial charge in [0, 0.05) is 26.2 Å². The predicted octanol–water partition coefficient (Wildman–Crippen LogP) is -0.439. The number of rotatable bonds is 6. The summed E-state index contributed by atoms with van der Waals surface area (Å²) in [6.45, 7) is 6.36. The van der Waals surface area contributed by atoms with Gasteiger partial charge in [0.1, 0.15) is 0 Å². The van der Waals surface area contributed by atoms with Crippen LogP contribution in [0.4, 0.5) is 0 Å². The molecule has 0 radical (unpaired) electrons. The third-order valence-electron chi connectivity index (χ3n) is 3.39. The zero-order valence-electron chi connectivity index (χ0n) is 11.4. The highest BCUT2D eigenvalue weighted by Gasteiger charge is 2.23. The largest absolute Gasteiger partial charge is 0.396 e. The van der Waals surface area contributed by atoms with E-state index in [0.29, 0.717) is 24.7 Å². The average molecular weight is 267 g/mol. The quantitative estimate of drug-likeness (QED) is 0.650. The van der Waals surface area contributed by atoms with Crippen LogP contribution in [0.1, 0.15) is 36.8 Å². The highest BCUT2D eigenvalue weighted by atomic mass is 16.3. The summed E-state index contributed by atoms with van der Waals surface area (Å²) in [5, 5.41) is 22.8. The summed E-state index contributed by atoms with van der Waals surface area (Å²) in [6, 6.07) is 0.305. The fraction of sp³-hybridized carbons (Fsp3) is 0.750. The highest BCUT2D eigenvalue weighted by Crippen LogP contribution is 2.18. The minimum absolute atomic E-state index is 0.119. The summed E-state index contributed by atoms with van der Waals surface area (Å²) in [5.74, 6) is -0.218. The average Bonchev–Trinajstić information content (AvgIpc) is 2.73. The summed E-state index contributed by atoms with van der Waals surface area (Å²) in [6.07, 6.45) is 2.33. The number of nitrogens with one attached hydrogen (secondary N) is 2. The molecule has 1 aliphatic rings. The smallest absolute Gasteiger partial charge is 0.273 e. The van der Waals surface area contributed by atoms with Gasteiger partial charge in [-0.05, 0) is 11.8 Å². The van der Waals surface area contributed by atoms with Gasteiger partial charge in [0.15, 0.2) is 5.69 Å². The Morgan fingerprint density at radius 3 is 2.95 bits per heavy atom. The van der Waals surface area contributed by atoms with Gasteiger partial charge < -0.3 is 15.7 Å². The topological polar surface area (TPSA) is 92.1 Å². The zero-order chi connectivity index (χ0) is 13.9. The molecule has 3 N–H and O–H groups in total. The molecule has 7 heteroatoms. The molecule has 2 rings (SSSR count). The molecule has 106 valence electrons. The van der Waals surface area contributed by atoms with Crippen molar-refractivity contribution in [3.05, 3.63) is 11.9 Å². The molecule has 1 aromatic rings. The number of carbonyl (C=O) groups excluding carboxylic acids is 1. The number of aromatic nitrogens is 3. The predicted molar refractivity (Wildman–Crippen MR) is 69.7 cm³/mol. The molecule has 0 atom stereocenters. The molecule has 0 saturated carbocycles. The molecular formula is C12H21N5O2. The first-order chi connectivity index (χ1) is 9.02. The van der Waals surface area contributed by atoms with Gasteiger partial charge in [0.25, 0.3) is 5.91 Å². The Kier molecular flexibility index (Phi) is 4.16. The standard InChI is InChI=1S/C12H21N5O2/c1-12(2,3-4-18)8-14-11(19)10-7-17(16-15-10)9-5-13-6-9/h7,9,13,18H,3-6,8H2,1-2H3,(H,14,19). The third-order valence-corrected chi connectivity index (χ3v) is 3.39. The van der Waals surface area contributed by atoms with Gasteiger partial charge >= 0.3 is 0 Å². The lowest BCUT2D eigenvalue weighted by molar-refractivity contribution is 0.0923. The maximum absolute atomic E-state index is 11.9. The minimum Gasteiger partial charge on any atom is -0.396 e. The van der Waals surface area contributed by atoms with Crippen LogP contribution >= 0.6 is 0 Å². The van der Waals surface area contributed by atoms with Gasteiger partial charge in [-0.1, -0.05) is 19.1 Å².